The Kier molecular flexibility index (Phi) is 5.15. The number of nitrogens with one attached hydrogen (secondary N) is 1. The number of rotatable bonds is 5. The number of ether oxygens (including phenoxy) is 1. The monoisotopic (exact) mass is 301 g/mol. The first-order chi connectivity index (χ1) is 10.5. The largest absolute Gasteiger partial charge is 0.483 e. The molecule has 0 fully saturated rings. The first kappa shape index (κ1) is 16.0. The van der Waals surface area contributed by atoms with Crippen LogP contribution in [0.4, 0.5) is 10.1 Å². The molecule has 22 heavy (non-hydrogen) atoms. The van der Waals surface area contributed by atoms with Crippen molar-refractivity contribution in [2.45, 2.75) is 26.7 Å². The molecule has 4 heteroatoms. The minimum atomic E-state index is -0.389. The number of halogens is 1. The standard InChI is InChI=1S/C18H20FNO2/c1-12(2)16-8-7-13(3)9-17(16)22-11-18(21)20-15-6-4-5-14(19)10-15/h4-10,12H,11H2,1-3H3,(H,20,21). The summed E-state index contributed by atoms with van der Waals surface area (Å²) in [5, 5.41) is 2.61. The summed E-state index contributed by atoms with van der Waals surface area (Å²) in [6, 6.07) is 11.7. The Balaban J connectivity index is 2.01. The molecule has 0 saturated carbocycles. The molecule has 0 aliphatic heterocycles. The Labute approximate surface area is 130 Å². The van der Waals surface area contributed by atoms with Crippen LogP contribution < -0.4 is 10.1 Å². The third-order valence-electron chi connectivity index (χ3n) is 3.26. The van der Waals surface area contributed by atoms with Gasteiger partial charge in [0.15, 0.2) is 6.61 Å². The van der Waals surface area contributed by atoms with Gasteiger partial charge in [-0.25, -0.2) is 4.39 Å². The van der Waals surface area contributed by atoms with E-state index < -0.39 is 0 Å². The summed E-state index contributed by atoms with van der Waals surface area (Å²) in [5.74, 6) is 0.313. The predicted molar refractivity (Wildman–Crippen MR) is 85.8 cm³/mol. The molecule has 116 valence electrons. The molecule has 2 rings (SSSR count). The second kappa shape index (κ2) is 7.07. The zero-order valence-electron chi connectivity index (χ0n) is 13.0. The van der Waals surface area contributed by atoms with Gasteiger partial charge in [-0.2, -0.15) is 0 Å². The topological polar surface area (TPSA) is 38.3 Å². The number of hydrogen-bond donors (Lipinski definition) is 1. The number of carbonyl (C=O) groups excluding carboxylic acids is 1. The normalized spacial score (nSPS) is 10.6. The molecule has 0 heterocycles. The molecule has 2 aromatic carbocycles. The van der Waals surface area contributed by atoms with Crippen molar-refractivity contribution >= 4 is 11.6 Å². The maximum atomic E-state index is 13.1. The van der Waals surface area contributed by atoms with E-state index in [4.69, 9.17) is 4.74 Å². The second-order valence-corrected chi connectivity index (χ2v) is 5.54. The van der Waals surface area contributed by atoms with E-state index in [0.29, 0.717) is 17.4 Å². The molecule has 0 spiro atoms. The first-order valence-corrected chi connectivity index (χ1v) is 7.24. The van der Waals surface area contributed by atoms with Crippen molar-refractivity contribution in [3.8, 4) is 5.75 Å². The van der Waals surface area contributed by atoms with Gasteiger partial charge in [0.2, 0.25) is 0 Å². The number of benzene rings is 2. The summed E-state index contributed by atoms with van der Waals surface area (Å²) in [5.41, 5.74) is 2.55. The van der Waals surface area contributed by atoms with Gasteiger partial charge in [-0.05, 0) is 48.2 Å². The second-order valence-electron chi connectivity index (χ2n) is 5.54. The van der Waals surface area contributed by atoms with Gasteiger partial charge in [-0.1, -0.05) is 32.0 Å². The highest BCUT2D eigenvalue weighted by Crippen LogP contribution is 2.27. The Bertz CT molecular complexity index is 668. The predicted octanol–water partition coefficient (Wildman–Crippen LogP) is 4.28. The molecule has 0 aliphatic rings. The molecule has 0 bridgehead atoms. The third-order valence-corrected chi connectivity index (χ3v) is 3.26. The highest BCUT2D eigenvalue weighted by molar-refractivity contribution is 5.91. The van der Waals surface area contributed by atoms with Crippen LogP contribution in [0, 0.1) is 12.7 Å². The third kappa shape index (κ3) is 4.32. The van der Waals surface area contributed by atoms with Crippen LogP contribution in [0.1, 0.15) is 30.9 Å². The zero-order chi connectivity index (χ0) is 16.1. The Morgan fingerprint density at radius 3 is 2.68 bits per heavy atom. The van der Waals surface area contributed by atoms with E-state index in [2.05, 4.69) is 19.2 Å². The molecule has 1 N–H and O–H groups in total. The molecule has 0 unspecified atom stereocenters. The Morgan fingerprint density at radius 2 is 2.00 bits per heavy atom. The van der Waals surface area contributed by atoms with Gasteiger partial charge in [-0.3, -0.25) is 4.79 Å². The van der Waals surface area contributed by atoms with Crippen LogP contribution in [-0.2, 0) is 4.79 Å². The van der Waals surface area contributed by atoms with Crippen LogP contribution in [0.15, 0.2) is 42.5 Å². The minimum Gasteiger partial charge on any atom is -0.483 e. The van der Waals surface area contributed by atoms with Crippen molar-refractivity contribution in [1.82, 2.24) is 0 Å². The average molecular weight is 301 g/mol. The van der Waals surface area contributed by atoms with E-state index in [0.717, 1.165) is 11.1 Å². The summed E-state index contributed by atoms with van der Waals surface area (Å²) >= 11 is 0. The lowest BCUT2D eigenvalue weighted by Gasteiger charge is -2.14. The number of aryl methyl sites for hydroxylation is 1. The highest BCUT2D eigenvalue weighted by atomic mass is 19.1. The van der Waals surface area contributed by atoms with Crippen LogP contribution in [0.5, 0.6) is 5.75 Å². The van der Waals surface area contributed by atoms with Crippen LogP contribution in [-0.4, -0.2) is 12.5 Å². The van der Waals surface area contributed by atoms with Gasteiger partial charge in [-0.15, -0.1) is 0 Å². The van der Waals surface area contributed by atoms with Gasteiger partial charge in [0.25, 0.3) is 5.91 Å². The summed E-state index contributed by atoms with van der Waals surface area (Å²) in [6.07, 6.45) is 0. The van der Waals surface area contributed by atoms with Gasteiger partial charge in [0, 0.05) is 5.69 Å². The number of carbonyl (C=O) groups is 1. The van der Waals surface area contributed by atoms with Crippen molar-refractivity contribution in [3.05, 3.63) is 59.4 Å². The Morgan fingerprint density at radius 1 is 1.23 bits per heavy atom. The van der Waals surface area contributed by atoms with Gasteiger partial charge in [0.1, 0.15) is 11.6 Å². The molecular weight excluding hydrogens is 281 g/mol. The van der Waals surface area contributed by atoms with E-state index in [-0.39, 0.29) is 18.3 Å². The fourth-order valence-electron chi connectivity index (χ4n) is 2.15. The van der Waals surface area contributed by atoms with Crippen LogP contribution in [0.2, 0.25) is 0 Å². The lowest BCUT2D eigenvalue weighted by Crippen LogP contribution is -2.20. The van der Waals surface area contributed by atoms with E-state index >= 15 is 0 Å². The molecule has 0 aromatic heterocycles. The van der Waals surface area contributed by atoms with Crippen molar-refractivity contribution in [1.29, 1.82) is 0 Å². The summed E-state index contributed by atoms with van der Waals surface area (Å²) in [4.78, 5) is 11.9. The summed E-state index contributed by atoms with van der Waals surface area (Å²) in [6.45, 7) is 6.01. The Hall–Kier alpha value is -2.36. The fraction of sp³-hybridized carbons (Fsp3) is 0.278. The van der Waals surface area contributed by atoms with Crippen molar-refractivity contribution in [2.75, 3.05) is 11.9 Å². The van der Waals surface area contributed by atoms with E-state index in [9.17, 15) is 9.18 Å². The minimum absolute atomic E-state index is 0.111. The average Bonchev–Trinajstić information content (AvgIpc) is 2.45. The summed E-state index contributed by atoms with van der Waals surface area (Å²) < 4.78 is 18.7. The molecule has 2 aromatic rings. The van der Waals surface area contributed by atoms with E-state index in [1.807, 2.05) is 25.1 Å². The number of hydrogen-bond acceptors (Lipinski definition) is 2. The SMILES string of the molecule is Cc1ccc(C(C)C)c(OCC(=O)Nc2cccc(F)c2)c1. The van der Waals surface area contributed by atoms with Crippen LogP contribution in [0.25, 0.3) is 0 Å². The van der Waals surface area contributed by atoms with Crippen molar-refractivity contribution in [2.24, 2.45) is 0 Å². The van der Waals surface area contributed by atoms with E-state index in [1.54, 1.807) is 12.1 Å². The highest BCUT2D eigenvalue weighted by Gasteiger charge is 2.10. The molecule has 1 amide bonds. The molecule has 0 aliphatic carbocycles. The maximum Gasteiger partial charge on any atom is 0.262 e. The maximum absolute atomic E-state index is 13.1. The van der Waals surface area contributed by atoms with Crippen molar-refractivity contribution < 1.29 is 13.9 Å². The quantitative estimate of drug-likeness (QED) is 0.895. The molecular formula is C18H20FNO2. The molecule has 3 nitrogen and oxygen atoms in total. The molecule has 0 saturated heterocycles. The molecule has 0 atom stereocenters. The fourth-order valence-corrected chi connectivity index (χ4v) is 2.15. The van der Waals surface area contributed by atoms with Crippen LogP contribution in [0.3, 0.4) is 0 Å². The zero-order valence-corrected chi connectivity index (χ0v) is 13.0. The van der Waals surface area contributed by atoms with Gasteiger partial charge >= 0.3 is 0 Å². The van der Waals surface area contributed by atoms with Gasteiger partial charge in [0.05, 0.1) is 0 Å². The van der Waals surface area contributed by atoms with Crippen LogP contribution >= 0.6 is 0 Å². The lowest BCUT2D eigenvalue weighted by molar-refractivity contribution is -0.118. The van der Waals surface area contributed by atoms with Crippen molar-refractivity contribution in [3.63, 3.8) is 0 Å². The first-order valence-electron chi connectivity index (χ1n) is 7.24. The number of amides is 1. The smallest absolute Gasteiger partial charge is 0.262 e. The molecule has 0 radical (unpaired) electrons. The summed E-state index contributed by atoms with van der Waals surface area (Å²) in [7, 11) is 0. The van der Waals surface area contributed by atoms with Gasteiger partial charge < -0.3 is 10.1 Å². The van der Waals surface area contributed by atoms with E-state index in [1.165, 1.54) is 12.1 Å². The number of anilines is 1. The lowest BCUT2D eigenvalue weighted by atomic mass is 10.0.